The molecule has 21 heavy (non-hydrogen) atoms. The lowest BCUT2D eigenvalue weighted by atomic mass is 9.99. The predicted molar refractivity (Wildman–Crippen MR) is 86.9 cm³/mol. The van der Waals surface area contributed by atoms with Gasteiger partial charge >= 0.3 is 6.03 Å². The average molecular weight is 328 g/mol. The van der Waals surface area contributed by atoms with E-state index in [0.717, 1.165) is 22.2 Å². The number of nitrogens with one attached hydrogen (secondary N) is 1. The largest absolute Gasteiger partial charge is 0.334 e. The average Bonchev–Trinajstić information content (AvgIpc) is 3.06. The normalized spacial score (nSPS) is 25.6. The molecule has 2 fully saturated rings. The summed E-state index contributed by atoms with van der Waals surface area (Å²) < 4.78 is 0.771. The Morgan fingerprint density at radius 3 is 3.05 bits per heavy atom. The third-order valence-corrected chi connectivity index (χ3v) is 5.75. The number of amides is 2. The number of carbonyl (C=O) groups excluding carboxylic acids is 1. The van der Waals surface area contributed by atoms with Crippen molar-refractivity contribution in [2.24, 2.45) is 0 Å². The van der Waals surface area contributed by atoms with Gasteiger partial charge in [0, 0.05) is 30.6 Å². The zero-order valence-electron chi connectivity index (χ0n) is 12.3. The molecule has 2 aliphatic rings. The number of thiophene rings is 1. The summed E-state index contributed by atoms with van der Waals surface area (Å²) in [5.41, 5.74) is 0. The van der Waals surface area contributed by atoms with Crippen molar-refractivity contribution in [1.29, 1.82) is 0 Å². The first kappa shape index (κ1) is 15.1. The van der Waals surface area contributed by atoms with Gasteiger partial charge in [-0.25, -0.2) is 4.79 Å². The van der Waals surface area contributed by atoms with Crippen LogP contribution in [0.4, 0.5) is 4.79 Å². The SMILES string of the molecule is CN(Cc1ccc(Cl)s1)C(=O)N[C@H]1CCN2CCCC[C@H]12. The van der Waals surface area contributed by atoms with Crippen molar-refractivity contribution in [2.45, 2.75) is 44.3 Å². The van der Waals surface area contributed by atoms with E-state index in [4.69, 9.17) is 11.6 Å². The van der Waals surface area contributed by atoms with Gasteiger partial charge < -0.3 is 10.2 Å². The Kier molecular flexibility index (Phi) is 4.72. The van der Waals surface area contributed by atoms with Crippen LogP contribution >= 0.6 is 22.9 Å². The van der Waals surface area contributed by atoms with Gasteiger partial charge in [-0.2, -0.15) is 0 Å². The van der Waals surface area contributed by atoms with E-state index in [-0.39, 0.29) is 6.03 Å². The van der Waals surface area contributed by atoms with Crippen LogP contribution in [-0.2, 0) is 6.54 Å². The fraction of sp³-hybridized carbons (Fsp3) is 0.667. The van der Waals surface area contributed by atoms with Crippen molar-refractivity contribution in [1.82, 2.24) is 15.1 Å². The Morgan fingerprint density at radius 1 is 1.43 bits per heavy atom. The Labute approximate surface area is 135 Å². The number of nitrogens with zero attached hydrogens (tertiary/aromatic N) is 2. The van der Waals surface area contributed by atoms with Gasteiger partial charge in [0.1, 0.15) is 0 Å². The smallest absolute Gasteiger partial charge is 0.317 e. The standard InChI is InChI=1S/C15H22ClN3OS/c1-18(10-11-5-6-14(16)21-11)15(20)17-12-7-9-19-8-3-2-4-13(12)19/h5-6,12-13H,2-4,7-10H2,1H3,(H,17,20)/t12-,13+/m0/s1. The summed E-state index contributed by atoms with van der Waals surface area (Å²) in [6.07, 6.45) is 4.89. The van der Waals surface area contributed by atoms with E-state index in [9.17, 15) is 4.79 Å². The van der Waals surface area contributed by atoms with Gasteiger partial charge in [-0.15, -0.1) is 11.3 Å². The highest BCUT2D eigenvalue weighted by atomic mass is 35.5. The lowest BCUT2D eigenvalue weighted by Crippen LogP contribution is -2.49. The van der Waals surface area contributed by atoms with Crippen molar-refractivity contribution in [3.05, 3.63) is 21.3 Å². The van der Waals surface area contributed by atoms with E-state index in [1.165, 1.54) is 37.1 Å². The second-order valence-electron chi connectivity index (χ2n) is 6.01. The summed E-state index contributed by atoms with van der Waals surface area (Å²) in [6.45, 7) is 2.94. The number of rotatable bonds is 3. The molecule has 1 N–H and O–H groups in total. The first-order chi connectivity index (χ1) is 10.1. The molecule has 1 aromatic rings. The van der Waals surface area contributed by atoms with E-state index in [2.05, 4.69) is 10.2 Å². The van der Waals surface area contributed by atoms with Crippen LogP contribution in [0.25, 0.3) is 0 Å². The molecule has 2 saturated heterocycles. The van der Waals surface area contributed by atoms with Crippen molar-refractivity contribution in [3.63, 3.8) is 0 Å². The zero-order chi connectivity index (χ0) is 14.8. The number of piperidine rings is 1. The van der Waals surface area contributed by atoms with Crippen molar-refractivity contribution >= 4 is 29.0 Å². The molecule has 0 spiro atoms. The van der Waals surface area contributed by atoms with Crippen LogP contribution in [0.15, 0.2) is 12.1 Å². The number of halogens is 1. The van der Waals surface area contributed by atoms with Crippen LogP contribution in [0.2, 0.25) is 4.34 Å². The number of carbonyl (C=O) groups is 1. The molecule has 4 nitrogen and oxygen atoms in total. The van der Waals surface area contributed by atoms with Crippen LogP contribution in [0.1, 0.15) is 30.6 Å². The summed E-state index contributed by atoms with van der Waals surface area (Å²) in [6, 6.07) is 4.75. The molecule has 116 valence electrons. The number of hydrogen-bond acceptors (Lipinski definition) is 3. The molecular formula is C15H22ClN3OS. The lowest BCUT2D eigenvalue weighted by Gasteiger charge is -2.33. The predicted octanol–water partition coefficient (Wildman–Crippen LogP) is 3.17. The Morgan fingerprint density at radius 2 is 2.29 bits per heavy atom. The second-order valence-corrected chi connectivity index (χ2v) is 7.81. The van der Waals surface area contributed by atoms with Gasteiger partial charge in [-0.05, 0) is 37.9 Å². The zero-order valence-corrected chi connectivity index (χ0v) is 13.9. The van der Waals surface area contributed by atoms with Gasteiger partial charge in [0.05, 0.1) is 10.9 Å². The molecule has 2 aliphatic heterocycles. The molecule has 6 heteroatoms. The topological polar surface area (TPSA) is 35.6 Å². The lowest BCUT2D eigenvalue weighted by molar-refractivity contribution is 0.170. The second kappa shape index (κ2) is 6.55. The Balaban J connectivity index is 1.53. The van der Waals surface area contributed by atoms with Gasteiger partial charge in [0.25, 0.3) is 0 Å². The maximum atomic E-state index is 12.4. The minimum atomic E-state index is 0.0249. The van der Waals surface area contributed by atoms with Gasteiger partial charge in [-0.1, -0.05) is 18.0 Å². The van der Waals surface area contributed by atoms with E-state index >= 15 is 0 Å². The minimum absolute atomic E-state index is 0.0249. The summed E-state index contributed by atoms with van der Waals surface area (Å²) in [7, 11) is 1.84. The van der Waals surface area contributed by atoms with Gasteiger partial charge in [0.15, 0.2) is 0 Å². The van der Waals surface area contributed by atoms with E-state index in [0.29, 0.717) is 18.6 Å². The first-order valence-corrected chi connectivity index (χ1v) is 8.83. The molecule has 1 aromatic heterocycles. The summed E-state index contributed by atoms with van der Waals surface area (Å²) in [5, 5.41) is 3.22. The fourth-order valence-electron chi connectivity index (χ4n) is 3.43. The Hall–Kier alpha value is -0.780. The minimum Gasteiger partial charge on any atom is -0.334 e. The molecule has 0 unspecified atom stereocenters. The Bertz CT molecular complexity index is 507. The summed E-state index contributed by atoms with van der Waals surface area (Å²) >= 11 is 7.46. The summed E-state index contributed by atoms with van der Waals surface area (Å²) in [4.78, 5) is 17.7. The molecule has 3 rings (SSSR count). The molecular weight excluding hydrogens is 306 g/mol. The molecule has 0 saturated carbocycles. The van der Waals surface area contributed by atoms with Crippen LogP contribution in [0.5, 0.6) is 0 Å². The maximum absolute atomic E-state index is 12.4. The van der Waals surface area contributed by atoms with Crippen LogP contribution in [0.3, 0.4) is 0 Å². The van der Waals surface area contributed by atoms with E-state index < -0.39 is 0 Å². The highest BCUT2D eigenvalue weighted by molar-refractivity contribution is 7.16. The number of hydrogen-bond donors (Lipinski definition) is 1. The quantitative estimate of drug-likeness (QED) is 0.925. The van der Waals surface area contributed by atoms with E-state index in [1.54, 1.807) is 4.90 Å². The highest BCUT2D eigenvalue weighted by Crippen LogP contribution is 2.27. The molecule has 3 heterocycles. The van der Waals surface area contributed by atoms with Crippen LogP contribution in [0, 0.1) is 0 Å². The van der Waals surface area contributed by atoms with Crippen LogP contribution in [-0.4, -0.2) is 48.1 Å². The molecule has 0 aromatic carbocycles. The van der Waals surface area contributed by atoms with Crippen molar-refractivity contribution < 1.29 is 4.79 Å². The van der Waals surface area contributed by atoms with E-state index in [1.807, 2.05) is 19.2 Å². The number of urea groups is 1. The highest BCUT2D eigenvalue weighted by Gasteiger charge is 2.36. The maximum Gasteiger partial charge on any atom is 0.317 e. The van der Waals surface area contributed by atoms with Crippen molar-refractivity contribution in [3.8, 4) is 0 Å². The third-order valence-electron chi connectivity index (χ3n) is 4.53. The van der Waals surface area contributed by atoms with Gasteiger partial charge in [0.2, 0.25) is 0 Å². The monoisotopic (exact) mass is 327 g/mol. The number of fused-ring (bicyclic) bond motifs is 1. The fourth-order valence-corrected chi connectivity index (χ4v) is 4.57. The van der Waals surface area contributed by atoms with Gasteiger partial charge in [-0.3, -0.25) is 4.90 Å². The molecule has 2 amide bonds. The van der Waals surface area contributed by atoms with Crippen molar-refractivity contribution in [2.75, 3.05) is 20.1 Å². The molecule has 0 aliphatic carbocycles. The molecule has 0 radical (unpaired) electrons. The molecule has 0 bridgehead atoms. The summed E-state index contributed by atoms with van der Waals surface area (Å²) in [5.74, 6) is 0. The third kappa shape index (κ3) is 3.52. The van der Waals surface area contributed by atoms with Crippen LogP contribution < -0.4 is 5.32 Å². The first-order valence-electron chi connectivity index (χ1n) is 7.63. The molecule has 2 atom stereocenters.